The van der Waals surface area contributed by atoms with E-state index in [9.17, 15) is 5.11 Å². The molecule has 1 aromatic heterocycles. The van der Waals surface area contributed by atoms with Gasteiger partial charge in [-0.1, -0.05) is 64.6 Å². The summed E-state index contributed by atoms with van der Waals surface area (Å²) in [6, 6.07) is 4.02. The number of hydrogen-bond acceptors (Lipinski definition) is 7. The van der Waals surface area contributed by atoms with Crippen LogP contribution in [0.1, 0.15) is 52.7 Å². The molecule has 0 bridgehead atoms. The van der Waals surface area contributed by atoms with Gasteiger partial charge in [0.05, 0.1) is 0 Å². The standard InChI is InChI=1S/C17H22N4OS2/c1-16(2,3)11-7-10(8-12(13(11)22)17(4,5)6)23-15-21-20-14(24-15)19-9-18/h7-8,22H,1-6H3,(H,19,20). The molecule has 0 aliphatic heterocycles. The molecule has 24 heavy (non-hydrogen) atoms. The molecule has 2 aromatic rings. The van der Waals surface area contributed by atoms with Gasteiger partial charge in [-0.2, -0.15) is 5.26 Å². The highest BCUT2D eigenvalue weighted by Gasteiger charge is 2.27. The average Bonchev–Trinajstić information content (AvgIpc) is 2.86. The Kier molecular flexibility index (Phi) is 5.11. The zero-order valence-corrected chi connectivity index (χ0v) is 16.4. The Morgan fingerprint density at radius 1 is 1.08 bits per heavy atom. The smallest absolute Gasteiger partial charge is 0.219 e. The quantitative estimate of drug-likeness (QED) is 0.598. The number of phenolic OH excluding ortho intramolecular Hbond substituents is 1. The number of phenols is 1. The van der Waals surface area contributed by atoms with Gasteiger partial charge in [-0.3, -0.25) is 5.32 Å². The number of aromatic hydroxyl groups is 1. The van der Waals surface area contributed by atoms with Crippen LogP contribution in [0.5, 0.6) is 5.75 Å². The maximum atomic E-state index is 10.7. The molecule has 2 rings (SSSR count). The summed E-state index contributed by atoms with van der Waals surface area (Å²) in [4.78, 5) is 1.00. The van der Waals surface area contributed by atoms with E-state index >= 15 is 0 Å². The molecule has 7 heteroatoms. The average molecular weight is 363 g/mol. The monoisotopic (exact) mass is 362 g/mol. The summed E-state index contributed by atoms with van der Waals surface area (Å²) in [6.07, 6.45) is 1.84. The highest BCUT2D eigenvalue weighted by Crippen LogP contribution is 2.43. The second-order valence-corrected chi connectivity index (χ2v) is 9.88. The number of nitrogens with zero attached hydrogens (tertiary/aromatic N) is 3. The summed E-state index contributed by atoms with van der Waals surface area (Å²) in [7, 11) is 0. The van der Waals surface area contributed by atoms with Crippen LogP contribution < -0.4 is 5.32 Å². The number of anilines is 1. The number of rotatable bonds is 3. The van der Waals surface area contributed by atoms with Crippen molar-refractivity contribution < 1.29 is 5.11 Å². The molecule has 0 aliphatic rings. The van der Waals surface area contributed by atoms with E-state index in [1.165, 1.54) is 23.1 Å². The second-order valence-electron chi connectivity index (χ2n) is 7.58. The molecule has 2 N–H and O–H groups in total. The van der Waals surface area contributed by atoms with E-state index in [1.54, 1.807) is 0 Å². The first-order valence-corrected chi connectivity index (χ1v) is 9.20. The molecule has 1 heterocycles. The molecule has 5 nitrogen and oxygen atoms in total. The normalized spacial score (nSPS) is 12.0. The van der Waals surface area contributed by atoms with Crippen molar-refractivity contribution in [1.82, 2.24) is 10.2 Å². The molecule has 0 atom stereocenters. The zero-order valence-electron chi connectivity index (χ0n) is 14.8. The topological polar surface area (TPSA) is 81.8 Å². The van der Waals surface area contributed by atoms with Crippen LogP contribution in [-0.2, 0) is 10.8 Å². The Labute approximate surface area is 151 Å². The maximum absolute atomic E-state index is 10.7. The van der Waals surface area contributed by atoms with Gasteiger partial charge >= 0.3 is 0 Å². The number of hydrogen-bond donors (Lipinski definition) is 2. The number of aromatic nitrogens is 2. The first-order chi connectivity index (χ1) is 11.0. The molecule has 0 unspecified atom stereocenters. The SMILES string of the molecule is CC(C)(C)c1cc(Sc2nnc(NC#N)s2)cc(C(C)(C)C)c1O. The van der Waals surface area contributed by atoms with Crippen LogP contribution in [0, 0.1) is 11.5 Å². The summed E-state index contributed by atoms with van der Waals surface area (Å²) in [5, 5.41) is 30.4. The van der Waals surface area contributed by atoms with Gasteiger partial charge in [0.2, 0.25) is 5.13 Å². The van der Waals surface area contributed by atoms with E-state index in [4.69, 9.17) is 5.26 Å². The highest BCUT2D eigenvalue weighted by molar-refractivity contribution is 8.01. The third kappa shape index (κ3) is 4.19. The van der Waals surface area contributed by atoms with Crippen molar-refractivity contribution in [2.45, 2.75) is 61.6 Å². The Balaban J connectivity index is 2.47. The maximum Gasteiger partial charge on any atom is 0.219 e. The minimum Gasteiger partial charge on any atom is -0.507 e. The fourth-order valence-electron chi connectivity index (χ4n) is 2.26. The van der Waals surface area contributed by atoms with Crippen LogP contribution in [0.2, 0.25) is 0 Å². The highest BCUT2D eigenvalue weighted by atomic mass is 32.2. The van der Waals surface area contributed by atoms with Crippen molar-refractivity contribution in [2.24, 2.45) is 0 Å². The Hall–Kier alpha value is -1.78. The van der Waals surface area contributed by atoms with E-state index in [0.717, 1.165) is 20.4 Å². The van der Waals surface area contributed by atoms with E-state index < -0.39 is 0 Å². The van der Waals surface area contributed by atoms with Gasteiger partial charge in [0.1, 0.15) is 5.75 Å². The zero-order chi connectivity index (χ0) is 18.1. The van der Waals surface area contributed by atoms with Crippen LogP contribution in [0.15, 0.2) is 21.4 Å². The third-order valence-electron chi connectivity index (χ3n) is 3.47. The lowest BCUT2D eigenvalue weighted by molar-refractivity contribution is 0.422. The van der Waals surface area contributed by atoms with Crippen molar-refractivity contribution in [1.29, 1.82) is 5.26 Å². The van der Waals surface area contributed by atoms with Gasteiger partial charge in [0.25, 0.3) is 0 Å². The van der Waals surface area contributed by atoms with Crippen molar-refractivity contribution in [3.05, 3.63) is 23.3 Å². The van der Waals surface area contributed by atoms with E-state index in [-0.39, 0.29) is 10.8 Å². The Morgan fingerprint density at radius 3 is 2.08 bits per heavy atom. The Morgan fingerprint density at radius 2 is 1.62 bits per heavy atom. The van der Waals surface area contributed by atoms with Crippen molar-refractivity contribution >= 4 is 28.2 Å². The first kappa shape index (κ1) is 18.6. The van der Waals surface area contributed by atoms with Gasteiger partial charge in [-0.25, -0.2) is 0 Å². The van der Waals surface area contributed by atoms with E-state index in [2.05, 4.69) is 57.1 Å². The van der Waals surface area contributed by atoms with Gasteiger partial charge < -0.3 is 5.11 Å². The van der Waals surface area contributed by atoms with Crippen LogP contribution in [0.25, 0.3) is 0 Å². The summed E-state index contributed by atoms with van der Waals surface area (Å²) < 4.78 is 0.748. The minimum absolute atomic E-state index is 0.171. The van der Waals surface area contributed by atoms with Crippen LogP contribution >= 0.6 is 23.1 Å². The molecule has 0 aliphatic carbocycles. The van der Waals surface area contributed by atoms with E-state index in [0.29, 0.717) is 10.9 Å². The molecule has 0 saturated heterocycles. The lowest BCUT2D eigenvalue weighted by atomic mass is 9.79. The summed E-state index contributed by atoms with van der Waals surface area (Å²) in [5.74, 6) is 0.364. The minimum atomic E-state index is -0.171. The van der Waals surface area contributed by atoms with Crippen molar-refractivity contribution in [3.8, 4) is 11.9 Å². The molecule has 0 spiro atoms. The van der Waals surface area contributed by atoms with Crippen LogP contribution in [0.4, 0.5) is 5.13 Å². The molecule has 0 saturated carbocycles. The molecule has 1 aromatic carbocycles. The summed E-state index contributed by atoms with van der Waals surface area (Å²) in [6.45, 7) is 12.5. The van der Waals surface area contributed by atoms with E-state index in [1.807, 2.05) is 18.3 Å². The fourth-order valence-corrected chi connectivity index (χ4v) is 4.01. The first-order valence-electron chi connectivity index (χ1n) is 7.57. The molecule has 128 valence electrons. The van der Waals surface area contributed by atoms with Crippen LogP contribution in [-0.4, -0.2) is 15.3 Å². The van der Waals surface area contributed by atoms with Gasteiger partial charge in [-0.15, -0.1) is 10.2 Å². The summed E-state index contributed by atoms with van der Waals surface area (Å²) in [5.41, 5.74) is 1.49. The molecule has 0 radical (unpaired) electrons. The molecule has 0 fully saturated rings. The lowest BCUT2D eigenvalue weighted by Gasteiger charge is -2.28. The van der Waals surface area contributed by atoms with Gasteiger partial charge in [0, 0.05) is 16.0 Å². The predicted molar refractivity (Wildman–Crippen MR) is 98.8 cm³/mol. The van der Waals surface area contributed by atoms with Gasteiger partial charge in [-0.05, 0) is 23.0 Å². The number of nitrogens with one attached hydrogen (secondary N) is 1. The second kappa shape index (κ2) is 6.61. The third-order valence-corrected chi connectivity index (χ3v) is 5.33. The Bertz CT molecular complexity index is 744. The molecular weight excluding hydrogens is 340 g/mol. The largest absolute Gasteiger partial charge is 0.507 e. The lowest BCUT2D eigenvalue weighted by Crippen LogP contribution is -2.17. The van der Waals surface area contributed by atoms with Crippen LogP contribution in [0.3, 0.4) is 0 Å². The predicted octanol–water partition coefficient (Wildman–Crippen LogP) is 4.88. The van der Waals surface area contributed by atoms with Crippen molar-refractivity contribution in [3.63, 3.8) is 0 Å². The molecule has 0 amide bonds. The molecular formula is C17H22N4OS2. The van der Waals surface area contributed by atoms with Crippen molar-refractivity contribution in [2.75, 3.05) is 5.32 Å². The summed E-state index contributed by atoms with van der Waals surface area (Å²) >= 11 is 2.82. The number of nitriles is 1. The number of benzene rings is 1. The van der Waals surface area contributed by atoms with Gasteiger partial charge in [0.15, 0.2) is 10.5 Å². The fraction of sp³-hybridized carbons (Fsp3) is 0.471.